The lowest BCUT2D eigenvalue weighted by atomic mass is 10.2. The third kappa shape index (κ3) is 4.31. The van der Waals surface area contributed by atoms with Gasteiger partial charge in [0, 0.05) is 45.1 Å². The summed E-state index contributed by atoms with van der Waals surface area (Å²) in [6.07, 6.45) is 3.46. The first-order valence-electron chi connectivity index (χ1n) is 6.56. The van der Waals surface area contributed by atoms with Crippen LogP contribution < -0.4 is 4.90 Å². The Labute approximate surface area is 118 Å². The van der Waals surface area contributed by atoms with Crippen LogP contribution in [0.5, 0.6) is 0 Å². The molecule has 2 heterocycles. The molecule has 0 spiro atoms. The molecule has 1 aliphatic heterocycles. The summed E-state index contributed by atoms with van der Waals surface area (Å²) in [5.41, 5.74) is 1.06. The van der Waals surface area contributed by atoms with Gasteiger partial charge in [0.25, 0.3) is 0 Å². The van der Waals surface area contributed by atoms with Crippen molar-refractivity contribution >= 4 is 17.3 Å². The second-order valence-corrected chi connectivity index (χ2v) is 4.90. The summed E-state index contributed by atoms with van der Waals surface area (Å²) in [5, 5.41) is 9.34. The lowest BCUT2D eigenvalue weighted by Gasteiger charge is -2.36. The van der Waals surface area contributed by atoms with Gasteiger partial charge in [-0.2, -0.15) is 0 Å². The van der Waals surface area contributed by atoms with Crippen LogP contribution in [0.25, 0.3) is 0 Å². The first-order chi connectivity index (χ1) is 9.31. The van der Waals surface area contributed by atoms with Gasteiger partial charge in [0.05, 0.1) is 30.5 Å². The van der Waals surface area contributed by atoms with E-state index in [1.807, 2.05) is 6.07 Å². The van der Waals surface area contributed by atoms with Crippen LogP contribution in [0.3, 0.4) is 0 Å². The molecule has 0 aromatic carbocycles. The van der Waals surface area contributed by atoms with Crippen molar-refractivity contribution in [2.24, 2.45) is 0 Å². The first-order valence-corrected chi connectivity index (χ1v) is 6.94. The highest BCUT2D eigenvalue weighted by atomic mass is 35.5. The van der Waals surface area contributed by atoms with Gasteiger partial charge >= 0.3 is 0 Å². The van der Waals surface area contributed by atoms with E-state index in [-0.39, 0.29) is 6.61 Å². The zero-order valence-electron chi connectivity index (χ0n) is 11.0. The number of aliphatic hydroxyl groups is 1. The van der Waals surface area contributed by atoms with Crippen LogP contribution in [0.1, 0.15) is 0 Å². The minimum atomic E-state index is 0.0916. The number of aromatic nitrogens is 1. The average Bonchev–Trinajstić information content (AvgIpc) is 2.45. The molecule has 1 aliphatic rings. The van der Waals surface area contributed by atoms with Gasteiger partial charge in [-0.15, -0.1) is 0 Å². The molecule has 0 atom stereocenters. The van der Waals surface area contributed by atoms with Crippen molar-refractivity contribution in [3.63, 3.8) is 0 Å². The number of ether oxygens (including phenoxy) is 1. The maximum absolute atomic E-state index is 8.63. The molecule has 5 nitrogen and oxygen atoms in total. The van der Waals surface area contributed by atoms with E-state index >= 15 is 0 Å². The van der Waals surface area contributed by atoms with Crippen LogP contribution in [-0.2, 0) is 4.74 Å². The summed E-state index contributed by atoms with van der Waals surface area (Å²) >= 11 is 6.15. The Bertz CT molecular complexity index is 384. The van der Waals surface area contributed by atoms with Gasteiger partial charge in [-0.1, -0.05) is 11.6 Å². The molecular formula is C13H20ClN3O2. The molecule has 0 aliphatic carbocycles. The van der Waals surface area contributed by atoms with Crippen LogP contribution in [0.2, 0.25) is 5.02 Å². The highest BCUT2D eigenvalue weighted by Crippen LogP contribution is 2.24. The number of anilines is 1. The van der Waals surface area contributed by atoms with Crippen LogP contribution in [-0.4, -0.2) is 67.5 Å². The molecule has 19 heavy (non-hydrogen) atoms. The van der Waals surface area contributed by atoms with Crippen molar-refractivity contribution in [1.29, 1.82) is 0 Å². The molecule has 1 N–H and O–H groups in total. The summed E-state index contributed by atoms with van der Waals surface area (Å²) in [6, 6.07) is 1.96. The second kappa shape index (κ2) is 7.65. The Balaban J connectivity index is 1.75. The predicted molar refractivity (Wildman–Crippen MR) is 75.8 cm³/mol. The fourth-order valence-corrected chi connectivity index (χ4v) is 2.44. The molecular weight excluding hydrogens is 266 g/mol. The smallest absolute Gasteiger partial charge is 0.0822 e. The van der Waals surface area contributed by atoms with Gasteiger partial charge in [0.2, 0.25) is 0 Å². The minimum Gasteiger partial charge on any atom is -0.394 e. The second-order valence-electron chi connectivity index (χ2n) is 4.49. The van der Waals surface area contributed by atoms with Gasteiger partial charge in [-0.25, -0.2) is 0 Å². The number of halogens is 1. The fraction of sp³-hybridized carbons (Fsp3) is 0.615. The average molecular weight is 286 g/mol. The Morgan fingerprint density at radius 2 is 2.05 bits per heavy atom. The fourth-order valence-electron chi connectivity index (χ4n) is 2.20. The van der Waals surface area contributed by atoms with Crippen LogP contribution in [0.15, 0.2) is 18.5 Å². The van der Waals surface area contributed by atoms with E-state index in [0.717, 1.165) is 38.4 Å². The third-order valence-corrected chi connectivity index (χ3v) is 3.54. The summed E-state index contributed by atoms with van der Waals surface area (Å²) in [4.78, 5) is 8.66. The number of aliphatic hydroxyl groups excluding tert-OH is 1. The van der Waals surface area contributed by atoms with E-state index in [1.54, 1.807) is 12.4 Å². The van der Waals surface area contributed by atoms with E-state index in [0.29, 0.717) is 18.2 Å². The number of hydrogen-bond acceptors (Lipinski definition) is 5. The molecule has 0 unspecified atom stereocenters. The Morgan fingerprint density at radius 3 is 2.74 bits per heavy atom. The molecule has 6 heteroatoms. The molecule has 1 aromatic rings. The van der Waals surface area contributed by atoms with Crippen molar-refractivity contribution in [3.05, 3.63) is 23.5 Å². The molecule has 0 radical (unpaired) electrons. The highest BCUT2D eigenvalue weighted by Gasteiger charge is 2.18. The molecule has 0 bridgehead atoms. The molecule has 2 rings (SSSR count). The number of hydrogen-bond donors (Lipinski definition) is 1. The van der Waals surface area contributed by atoms with E-state index in [9.17, 15) is 0 Å². The third-order valence-electron chi connectivity index (χ3n) is 3.25. The summed E-state index contributed by atoms with van der Waals surface area (Å²) in [6.45, 7) is 6.03. The summed E-state index contributed by atoms with van der Waals surface area (Å²) in [7, 11) is 0. The molecule has 1 aromatic heterocycles. The van der Waals surface area contributed by atoms with Crippen LogP contribution >= 0.6 is 11.6 Å². The van der Waals surface area contributed by atoms with E-state index in [1.165, 1.54) is 0 Å². The Kier molecular flexibility index (Phi) is 5.85. The summed E-state index contributed by atoms with van der Waals surface area (Å²) < 4.78 is 5.28. The van der Waals surface area contributed by atoms with Gasteiger partial charge in [0.1, 0.15) is 0 Å². The molecule has 106 valence electrons. The van der Waals surface area contributed by atoms with Gasteiger partial charge < -0.3 is 14.7 Å². The van der Waals surface area contributed by atoms with E-state index < -0.39 is 0 Å². The zero-order chi connectivity index (χ0) is 13.5. The highest BCUT2D eigenvalue weighted by molar-refractivity contribution is 6.33. The standard InChI is InChI=1S/C13H20ClN3O2/c14-12-11-15-2-1-13(12)17-5-3-16(4-6-17)7-9-19-10-8-18/h1-2,11,18H,3-10H2. The maximum atomic E-state index is 8.63. The monoisotopic (exact) mass is 285 g/mol. The van der Waals surface area contributed by atoms with Crippen molar-refractivity contribution in [2.75, 3.05) is 57.4 Å². The van der Waals surface area contributed by atoms with Crippen molar-refractivity contribution < 1.29 is 9.84 Å². The van der Waals surface area contributed by atoms with E-state index in [2.05, 4.69) is 14.8 Å². The largest absolute Gasteiger partial charge is 0.394 e. The maximum Gasteiger partial charge on any atom is 0.0822 e. The number of pyridine rings is 1. The predicted octanol–water partition coefficient (Wildman–Crippen LogP) is 0.866. The lowest BCUT2D eigenvalue weighted by Crippen LogP contribution is -2.47. The Morgan fingerprint density at radius 1 is 1.26 bits per heavy atom. The number of piperazine rings is 1. The lowest BCUT2D eigenvalue weighted by molar-refractivity contribution is 0.0724. The minimum absolute atomic E-state index is 0.0916. The zero-order valence-corrected chi connectivity index (χ0v) is 11.7. The molecule has 0 saturated carbocycles. The Hall–Kier alpha value is -0.880. The SMILES string of the molecule is OCCOCCN1CCN(c2ccncc2Cl)CC1. The van der Waals surface area contributed by atoms with Crippen molar-refractivity contribution in [2.45, 2.75) is 0 Å². The van der Waals surface area contributed by atoms with Gasteiger partial charge in [-0.3, -0.25) is 9.88 Å². The molecule has 0 amide bonds. The van der Waals surface area contributed by atoms with E-state index in [4.69, 9.17) is 21.4 Å². The summed E-state index contributed by atoms with van der Waals surface area (Å²) in [5.74, 6) is 0. The van der Waals surface area contributed by atoms with Gasteiger partial charge in [0.15, 0.2) is 0 Å². The van der Waals surface area contributed by atoms with Crippen molar-refractivity contribution in [3.8, 4) is 0 Å². The normalized spacial score (nSPS) is 16.8. The number of nitrogens with zero attached hydrogens (tertiary/aromatic N) is 3. The molecule has 1 fully saturated rings. The van der Waals surface area contributed by atoms with Crippen molar-refractivity contribution in [1.82, 2.24) is 9.88 Å². The van der Waals surface area contributed by atoms with Gasteiger partial charge in [-0.05, 0) is 6.07 Å². The van der Waals surface area contributed by atoms with Crippen LogP contribution in [0, 0.1) is 0 Å². The topological polar surface area (TPSA) is 48.8 Å². The quantitative estimate of drug-likeness (QED) is 0.786. The number of rotatable bonds is 6. The van der Waals surface area contributed by atoms with Crippen LogP contribution in [0.4, 0.5) is 5.69 Å². The first kappa shape index (κ1) is 14.5. The molecule has 1 saturated heterocycles.